The van der Waals surface area contributed by atoms with Crippen molar-refractivity contribution < 1.29 is 4.42 Å². The van der Waals surface area contributed by atoms with Gasteiger partial charge in [0.05, 0.1) is 5.69 Å². The highest BCUT2D eigenvalue weighted by molar-refractivity contribution is 5.61. The highest BCUT2D eigenvalue weighted by Gasteiger charge is 2.28. The minimum atomic E-state index is 0.507. The molecule has 0 saturated carbocycles. The van der Waals surface area contributed by atoms with Gasteiger partial charge in [-0.3, -0.25) is 0 Å². The lowest BCUT2D eigenvalue weighted by atomic mass is 9.89. The Morgan fingerprint density at radius 2 is 2.14 bits per heavy atom. The van der Waals surface area contributed by atoms with Crippen LogP contribution in [0.15, 0.2) is 34.9 Å². The number of aromatic nitrogens is 1. The lowest BCUT2D eigenvalue weighted by molar-refractivity contribution is 0.145. The largest absolute Gasteiger partial charge is 0.444 e. The summed E-state index contributed by atoms with van der Waals surface area (Å²) in [6.07, 6.45) is 2.86. The van der Waals surface area contributed by atoms with E-state index in [-0.39, 0.29) is 0 Å². The number of oxazole rings is 1. The third-order valence-corrected chi connectivity index (χ3v) is 4.69. The van der Waals surface area contributed by atoms with Crippen molar-refractivity contribution in [2.45, 2.75) is 39.3 Å². The van der Waals surface area contributed by atoms with E-state index in [9.17, 15) is 0 Å². The molecule has 0 amide bonds. The minimum absolute atomic E-state index is 0.507. The van der Waals surface area contributed by atoms with Gasteiger partial charge in [0.15, 0.2) is 0 Å². The van der Waals surface area contributed by atoms with E-state index in [2.05, 4.69) is 54.3 Å². The fraction of sp³-hybridized carbons (Fsp3) is 0.500. The third kappa shape index (κ3) is 3.17. The zero-order chi connectivity index (χ0) is 15.7. The number of aryl methyl sites for hydroxylation is 1. The molecule has 0 bridgehead atoms. The SMILES string of the molecule is Cc1coc(-c2cccc(NC3CC(C)N(C)CC3C)c2)n1. The predicted octanol–water partition coefficient (Wildman–Crippen LogP) is 3.79. The van der Waals surface area contributed by atoms with Crippen molar-refractivity contribution >= 4 is 5.69 Å². The number of nitrogens with one attached hydrogen (secondary N) is 1. The second-order valence-electron chi connectivity index (χ2n) is 6.63. The van der Waals surface area contributed by atoms with Gasteiger partial charge in [-0.2, -0.15) is 0 Å². The molecule has 2 heterocycles. The zero-order valence-corrected chi connectivity index (χ0v) is 13.8. The summed E-state index contributed by atoms with van der Waals surface area (Å²) in [4.78, 5) is 6.84. The van der Waals surface area contributed by atoms with Crippen LogP contribution < -0.4 is 5.32 Å². The van der Waals surface area contributed by atoms with Crippen molar-refractivity contribution in [1.29, 1.82) is 0 Å². The van der Waals surface area contributed by atoms with Crippen LogP contribution in [0.2, 0.25) is 0 Å². The van der Waals surface area contributed by atoms with Gasteiger partial charge in [0.1, 0.15) is 6.26 Å². The van der Waals surface area contributed by atoms with Gasteiger partial charge >= 0.3 is 0 Å². The van der Waals surface area contributed by atoms with E-state index in [0.717, 1.165) is 23.5 Å². The molecule has 0 aliphatic carbocycles. The monoisotopic (exact) mass is 299 g/mol. The van der Waals surface area contributed by atoms with E-state index >= 15 is 0 Å². The number of hydrogen-bond acceptors (Lipinski definition) is 4. The van der Waals surface area contributed by atoms with Crippen LogP contribution in [0.4, 0.5) is 5.69 Å². The number of anilines is 1. The molecule has 4 heteroatoms. The number of nitrogens with zero attached hydrogens (tertiary/aromatic N) is 2. The lowest BCUT2D eigenvalue weighted by Crippen LogP contribution is -2.48. The number of rotatable bonds is 3. The second kappa shape index (κ2) is 6.13. The summed E-state index contributed by atoms with van der Waals surface area (Å²) in [5, 5.41) is 3.70. The maximum Gasteiger partial charge on any atom is 0.226 e. The Balaban J connectivity index is 1.75. The van der Waals surface area contributed by atoms with Crippen molar-refractivity contribution in [2.75, 3.05) is 18.9 Å². The normalized spacial score (nSPS) is 26.1. The summed E-state index contributed by atoms with van der Waals surface area (Å²) in [6.45, 7) is 7.70. The van der Waals surface area contributed by atoms with Crippen molar-refractivity contribution in [3.05, 3.63) is 36.2 Å². The summed E-state index contributed by atoms with van der Waals surface area (Å²) in [6, 6.07) is 9.46. The molecular formula is C18H25N3O. The van der Waals surface area contributed by atoms with E-state index in [1.165, 1.54) is 6.42 Å². The van der Waals surface area contributed by atoms with Gasteiger partial charge in [-0.1, -0.05) is 13.0 Å². The summed E-state index contributed by atoms with van der Waals surface area (Å²) in [5.74, 6) is 1.32. The first-order valence-corrected chi connectivity index (χ1v) is 8.02. The molecule has 118 valence electrons. The molecule has 22 heavy (non-hydrogen) atoms. The highest BCUT2D eigenvalue weighted by atomic mass is 16.3. The first-order chi connectivity index (χ1) is 10.5. The molecule has 1 aliphatic rings. The average molecular weight is 299 g/mol. The average Bonchev–Trinajstić information content (AvgIpc) is 2.92. The van der Waals surface area contributed by atoms with E-state index < -0.39 is 0 Å². The standard InChI is InChI=1S/C18H25N3O/c1-12-10-21(4)14(3)8-17(12)20-16-7-5-6-15(9-16)18-19-13(2)11-22-18/h5-7,9,11-12,14,17,20H,8,10H2,1-4H3. The number of piperidine rings is 1. The molecule has 1 aliphatic heterocycles. The van der Waals surface area contributed by atoms with Gasteiger partial charge in [-0.05, 0) is 51.4 Å². The predicted molar refractivity (Wildman–Crippen MR) is 90.0 cm³/mol. The van der Waals surface area contributed by atoms with E-state index in [4.69, 9.17) is 4.42 Å². The first-order valence-electron chi connectivity index (χ1n) is 8.02. The van der Waals surface area contributed by atoms with Gasteiger partial charge in [0, 0.05) is 29.9 Å². The molecule has 3 atom stereocenters. The molecule has 4 nitrogen and oxygen atoms in total. The van der Waals surface area contributed by atoms with Crippen molar-refractivity contribution in [2.24, 2.45) is 5.92 Å². The Morgan fingerprint density at radius 1 is 1.32 bits per heavy atom. The number of hydrogen-bond donors (Lipinski definition) is 1. The first kappa shape index (κ1) is 15.1. The smallest absolute Gasteiger partial charge is 0.226 e. The Labute approximate surface area is 132 Å². The Hall–Kier alpha value is -1.81. The Morgan fingerprint density at radius 3 is 2.86 bits per heavy atom. The maximum atomic E-state index is 5.50. The van der Waals surface area contributed by atoms with Crippen molar-refractivity contribution in [3.8, 4) is 11.5 Å². The van der Waals surface area contributed by atoms with Crippen LogP contribution in [0.1, 0.15) is 26.0 Å². The lowest BCUT2D eigenvalue weighted by Gasteiger charge is -2.40. The molecule has 2 aromatic rings. The Kier molecular flexibility index (Phi) is 4.21. The highest BCUT2D eigenvalue weighted by Crippen LogP contribution is 2.27. The number of benzene rings is 1. The van der Waals surface area contributed by atoms with Crippen molar-refractivity contribution in [3.63, 3.8) is 0 Å². The van der Waals surface area contributed by atoms with Gasteiger partial charge in [0.25, 0.3) is 0 Å². The quantitative estimate of drug-likeness (QED) is 0.936. The molecule has 1 aromatic carbocycles. The molecular weight excluding hydrogens is 274 g/mol. The minimum Gasteiger partial charge on any atom is -0.444 e. The van der Waals surface area contributed by atoms with E-state index in [1.807, 2.05) is 13.0 Å². The van der Waals surface area contributed by atoms with Crippen LogP contribution in [0.25, 0.3) is 11.5 Å². The van der Waals surface area contributed by atoms with Crippen molar-refractivity contribution in [1.82, 2.24) is 9.88 Å². The van der Waals surface area contributed by atoms with Gasteiger partial charge in [-0.15, -0.1) is 0 Å². The molecule has 1 aromatic heterocycles. The Bertz CT molecular complexity index is 637. The van der Waals surface area contributed by atoms with Crippen LogP contribution in [-0.4, -0.2) is 35.6 Å². The topological polar surface area (TPSA) is 41.3 Å². The fourth-order valence-corrected chi connectivity index (χ4v) is 3.19. The van der Waals surface area contributed by atoms with Crippen LogP contribution in [-0.2, 0) is 0 Å². The maximum absolute atomic E-state index is 5.50. The number of likely N-dealkylation sites (tertiary alicyclic amines) is 1. The molecule has 1 saturated heterocycles. The summed E-state index contributed by atoms with van der Waals surface area (Å²) in [5.41, 5.74) is 3.07. The van der Waals surface area contributed by atoms with Crippen LogP contribution >= 0.6 is 0 Å². The fourth-order valence-electron chi connectivity index (χ4n) is 3.19. The van der Waals surface area contributed by atoms with Gasteiger partial charge in [-0.25, -0.2) is 4.98 Å². The van der Waals surface area contributed by atoms with E-state index in [0.29, 0.717) is 23.9 Å². The molecule has 1 N–H and O–H groups in total. The summed E-state index contributed by atoms with van der Waals surface area (Å²) < 4.78 is 5.50. The zero-order valence-electron chi connectivity index (χ0n) is 13.8. The van der Waals surface area contributed by atoms with Crippen LogP contribution in [0, 0.1) is 12.8 Å². The van der Waals surface area contributed by atoms with Gasteiger partial charge < -0.3 is 14.6 Å². The molecule has 3 rings (SSSR count). The summed E-state index contributed by atoms with van der Waals surface area (Å²) in [7, 11) is 2.21. The molecule has 0 spiro atoms. The van der Waals surface area contributed by atoms with Crippen LogP contribution in [0.3, 0.4) is 0 Å². The van der Waals surface area contributed by atoms with Gasteiger partial charge in [0.2, 0.25) is 5.89 Å². The van der Waals surface area contributed by atoms with E-state index in [1.54, 1.807) is 6.26 Å². The molecule has 3 unspecified atom stereocenters. The van der Waals surface area contributed by atoms with Crippen LogP contribution in [0.5, 0.6) is 0 Å². The third-order valence-electron chi connectivity index (χ3n) is 4.69. The molecule has 1 fully saturated rings. The second-order valence-corrected chi connectivity index (χ2v) is 6.63. The summed E-state index contributed by atoms with van der Waals surface area (Å²) >= 11 is 0. The molecule has 0 radical (unpaired) electrons.